The van der Waals surface area contributed by atoms with Gasteiger partial charge in [0.2, 0.25) is 5.91 Å². The highest BCUT2D eigenvalue weighted by Gasteiger charge is 2.28. The minimum atomic E-state index is -0.497. The van der Waals surface area contributed by atoms with E-state index in [2.05, 4.69) is 5.16 Å². The summed E-state index contributed by atoms with van der Waals surface area (Å²) in [4.78, 5) is 24.6. The molecule has 2 heterocycles. The molecule has 0 bridgehead atoms. The number of carbonyl (C=O) groups is 2. The van der Waals surface area contributed by atoms with Gasteiger partial charge < -0.3 is 14.2 Å². The van der Waals surface area contributed by atoms with E-state index in [-0.39, 0.29) is 18.2 Å². The lowest BCUT2D eigenvalue weighted by Crippen LogP contribution is -2.34. The standard InChI is InChI=1S/C11H14N2O4/c1-3-16-11(15)10-8-6-13(7(2)14)5-4-9(8)17-12-10/h3-6H2,1-2H3. The molecule has 2 rings (SSSR count). The predicted molar refractivity (Wildman–Crippen MR) is 57.3 cm³/mol. The van der Waals surface area contributed by atoms with E-state index in [9.17, 15) is 9.59 Å². The second-order valence-electron chi connectivity index (χ2n) is 3.84. The molecule has 17 heavy (non-hydrogen) atoms. The Morgan fingerprint density at radius 2 is 2.29 bits per heavy atom. The zero-order valence-corrected chi connectivity index (χ0v) is 9.86. The van der Waals surface area contributed by atoms with Gasteiger partial charge in [0, 0.05) is 25.5 Å². The molecule has 0 atom stereocenters. The Hall–Kier alpha value is -1.85. The highest BCUT2D eigenvalue weighted by Crippen LogP contribution is 2.22. The maximum atomic E-state index is 11.6. The number of esters is 1. The fraction of sp³-hybridized carbons (Fsp3) is 0.545. The minimum absolute atomic E-state index is 0.0216. The fourth-order valence-electron chi connectivity index (χ4n) is 1.84. The lowest BCUT2D eigenvalue weighted by Gasteiger charge is -2.24. The highest BCUT2D eigenvalue weighted by molar-refractivity contribution is 5.89. The molecule has 0 N–H and O–H groups in total. The van der Waals surface area contributed by atoms with Crippen molar-refractivity contribution in [2.24, 2.45) is 0 Å². The summed E-state index contributed by atoms with van der Waals surface area (Å²) in [5.74, 6) is 0.153. The molecule has 0 aromatic carbocycles. The summed E-state index contributed by atoms with van der Waals surface area (Å²) in [6.45, 7) is 4.48. The van der Waals surface area contributed by atoms with Crippen LogP contribution < -0.4 is 0 Å². The van der Waals surface area contributed by atoms with Gasteiger partial charge in [-0.1, -0.05) is 5.16 Å². The molecule has 6 heteroatoms. The molecule has 0 saturated heterocycles. The van der Waals surface area contributed by atoms with Crippen molar-refractivity contribution in [2.45, 2.75) is 26.8 Å². The summed E-state index contributed by atoms with van der Waals surface area (Å²) in [7, 11) is 0. The summed E-state index contributed by atoms with van der Waals surface area (Å²) >= 11 is 0. The normalized spacial score (nSPS) is 14.4. The van der Waals surface area contributed by atoms with Crippen LogP contribution in [0.25, 0.3) is 0 Å². The number of rotatable bonds is 2. The van der Waals surface area contributed by atoms with E-state index in [1.165, 1.54) is 6.92 Å². The third kappa shape index (κ3) is 2.15. The first kappa shape index (κ1) is 11.6. The Balaban J connectivity index is 2.25. The summed E-state index contributed by atoms with van der Waals surface area (Å²) in [5, 5.41) is 3.72. The van der Waals surface area contributed by atoms with Gasteiger partial charge in [0.15, 0.2) is 5.69 Å². The Labute approximate surface area is 98.5 Å². The summed E-state index contributed by atoms with van der Waals surface area (Å²) < 4.78 is 9.98. The van der Waals surface area contributed by atoms with Crippen LogP contribution in [-0.4, -0.2) is 35.1 Å². The van der Waals surface area contributed by atoms with Crippen molar-refractivity contribution in [3.63, 3.8) is 0 Å². The molecular formula is C11H14N2O4. The first-order chi connectivity index (χ1) is 8.13. The molecular weight excluding hydrogens is 224 g/mol. The molecule has 1 amide bonds. The molecule has 1 aromatic rings. The largest absolute Gasteiger partial charge is 0.461 e. The quantitative estimate of drug-likeness (QED) is 0.711. The first-order valence-corrected chi connectivity index (χ1v) is 5.53. The van der Waals surface area contributed by atoms with Crippen LogP contribution in [0.5, 0.6) is 0 Å². The van der Waals surface area contributed by atoms with Crippen LogP contribution in [0, 0.1) is 0 Å². The first-order valence-electron chi connectivity index (χ1n) is 5.53. The van der Waals surface area contributed by atoms with Crippen LogP contribution in [0.1, 0.15) is 35.7 Å². The van der Waals surface area contributed by atoms with E-state index in [0.717, 1.165) is 0 Å². The average Bonchev–Trinajstić information content (AvgIpc) is 2.71. The van der Waals surface area contributed by atoms with Crippen LogP contribution >= 0.6 is 0 Å². The number of amides is 1. The number of aromatic nitrogens is 1. The van der Waals surface area contributed by atoms with E-state index in [0.29, 0.717) is 30.8 Å². The van der Waals surface area contributed by atoms with Gasteiger partial charge in [0.25, 0.3) is 0 Å². The second-order valence-corrected chi connectivity index (χ2v) is 3.84. The minimum Gasteiger partial charge on any atom is -0.461 e. The predicted octanol–water partition coefficient (Wildman–Crippen LogP) is 0.756. The van der Waals surface area contributed by atoms with Gasteiger partial charge >= 0.3 is 5.97 Å². The Bertz CT molecular complexity index is 452. The molecule has 0 aliphatic carbocycles. The van der Waals surface area contributed by atoms with E-state index < -0.39 is 5.97 Å². The van der Waals surface area contributed by atoms with Gasteiger partial charge in [-0.15, -0.1) is 0 Å². The Kier molecular flexibility index (Phi) is 3.12. The van der Waals surface area contributed by atoms with E-state index >= 15 is 0 Å². The van der Waals surface area contributed by atoms with Crippen molar-refractivity contribution in [3.8, 4) is 0 Å². The third-order valence-corrected chi connectivity index (χ3v) is 2.74. The smallest absolute Gasteiger partial charge is 0.360 e. The zero-order valence-electron chi connectivity index (χ0n) is 9.86. The third-order valence-electron chi connectivity index (χ3n) is 2.74. The van der Waals surface area contributed by atoms with E-state index in [1.807, 2.05) is 0 Å². The summed E-state index contributed by atoms with van der Waals surface area (Å²) in [5.41, 5.74) is 0.859. The Morgan fingerprint density at radius 1 is 1.53 bits per heavy atom. The van der Waals surface area contributed by atoms with Crippen LogP contribution in [0.2, 0.25) is 0 Å². The van der Waals surface area contributed by atoms with Crippen LogP contribution in [-0.2, 0) is 22.5 Å². The van der Waals surface area contributed by atoms with Crippen molar-refractivity contribution in [1.82, 2.24) is 10.1 Å². The van der Waals surface area contributed by atoms with Crippen molar-refractivity contribution < 1.29 is 18.8 Å². The van der Waals surface area contributed by atoms with Crippen molar-refractivity contribution in [1.29, 1.82) is 0 Å². The van der Waals surface area contributed by atoms with Crippen molar-refractivity contribution >= 4 is 11.9 Å². The van der Waals surface area contributed by atoms with Crippen LogP contribution in [0.15, 0.2) is 4.52 Å². The van der Waals surface area contributed by atoms with Crippen LogP contribution in [0.3, 0.4) is 0 Å². The monoisotopic (exact) mass is 238 g/mol. The SMILES string of the molecule is CCOC(=O)c1noc2c1CN(C(C)=O)CC2. The van der Waals surface area contributed by atoms with Gasteiger partial charge in [-0.05, 0) is 6.92 Å². The molecule has 1 aromatic heterocycles. The van der Waals surface area contributed by atoms with Gasteiger partial charge in [-0.3, -0.25) is 4.79 Å². The highest BCUT2D eigenvalue weighted by atomic mass is 16.5. The maximum Gasteiger partial charge on any atom is 0.360 e. The average molecular weight is 238 g/mol. The summed E-state index contributed by atoms with van der Waals surface area (Å²) in [6.07, 6.45) is 0.585. The number of fused-ring (bicyclic) bond motifs is 1. The van der Waals surface area contributed by atoms with Crippen molar-refractivity contribution in [2.75, 3.05) is 13.2 Å². The maximum absolute atomic E-state index is 11.6. The lowest BCUT2D eigenvalue weighted by atomic mass is 10.1. The molecule has 1 aliphatic rings. The number of ether oxygens (including phenoxy) is 1. The van der Waals surface area contributed by atoms with Gasteiger partial charge in [0.1, 0.15) is 5.76 Å². The van der Waals surface area contributed by atoms with Crippen LogP contribution in [0.4, 0.5) is 0 Å². The van der Waals surface area contributed by atoms with Gasteiger partial charge in [-0.2, -0.15) is 0 Å². The molecule has 0 saturated carbocycles. The molecule has 1 aliphatic heterocycles. The zero-order chi connectivity index (χ0) is 12.4. The Morgan fingerprint density at radius 3 is 2.94 bits per heavy atom. The molecule has 6 nitrogen and oxygen atoms in total. The molecule has 0 radical (unpaired) electrons. The number of nitrogens with zero attached hydrogens (tertiary/aromatic N) is 2. The topological polar surface area (TPSA) is 72.6 Å². The van der Waals surface area contributed by atoms with Crippen molar-refractivity contribution in [3.05, 3.63) is 17.0 Å². The van der Waals surface area contributed by atoms with E-state index in [1.54, 1.807) is 11.8 Å². The number of hydrogen-bond donors (Lipinski definition) is 0. The molecule has 92 valence electrons. The van der Waals surface area contributed by atoms with Gasteiger partial charge in [-0.25, -0.2) is 4.79 Å². The molecule has 0 fully saturated rings. The van der Waals surface area contributed by atoms with E-state index in [4.69, 9.17) is 9.26 Å². The fourth-order valence-corrected chi connectivity index (χ4v) is 1.84. The molecule has 0 spiro atoms. The number of carbonyl (C=O) groups excluding carboxylic acids is 2. The number of hydrogen-bond acceptors (Lipinski definition) is 5. The van der Waals surface area contributed by atoms with Gasteiger partial charge in [0.05, 0.1) is 13.2 Å². The molecule has 0 unspecified atom stereocenters. The summed E-state index contributed by atoms with van der Waals surface area (Å²) in [6, 6.07) is 0. The second kappa shape index (κ2) is 4.57. The lowest BCUT2D eigenvalue weighted by molar-refractivity contribution is -0.129.